The van der Waals surface area contributed by atoms with Gasteiger partial charge in [0.25, 0.3) is 0 Å². The molecule has 0 saturated carbocycles. The Labute approximate surface area is 544 Å². The summed E-state index contributed by atoms with van der Waals surface area (Å²) < 4.78 is 0. The standard InChI is InChI=1S/C68H111N11O13/c1-7-9-10-11-12-13-14-15-16-17-18-19-23-31-61(86)76-55(32-35-63(88)89)67(92)79-64(48(6)81)60(85)42-53(45(3)8-2)66(91)75-46(4)57(82)33-34-62(87)77-56(41-52-43-72-44-74-52)59(84)40-51(38-49-27-21-20-22-28-49)65(90)78-54(30-26-37-73-68(70)71)58(83)39-50(47(5)80)29-24-25-36-69/h20-22,27-28,43-46,48,50-51,53-56,64,81H,7-19,23-26,29-42,69H2,1-6H3,(H,72,74)(H,75,91)(H,76,86)(H,77,87)(H,78,90)(H,79,92)(H,88,89)(H4,70,71,73)/t45-,46-,48+,50+,51+,53-,54-,55?,56-,64-/m0/s1. The van der Waals surface area contributed by atoms with Crippen LogP contribution in [0.25, 0.3) is 0 Å². The second kappa shape index (κ2) is 46.8. The highest BCUT2D eigenvalue weighted by Gasteiger charge is 2.36. The van der Waals surface area contributed by atoms with Gasteiger partial charge in [-0.15, -0.1) is 0 Å². The van der Waals surface area contributed by atoms with Crippen molar-refractivity contribution in [2.75, 3.05) is 13.1 Å². The minimum absolute atomic E-state index is 0.0656. The third kappa shape index (κ3) is 34.5. The average molecular weight is 1290 g/mol. The Morgan fingerprint density at radius 2 is 1.17 bits per heavy atom. The normalized spacial score (nSPS) is 14.5. The predicted octanol–water partition coefficient (Wildman–Crippen LogP) is 6.26. The van der Waals surface area contributed by atoms with Gasteiger partial charge in [-0.05, 0) is 83.7 Å². The summed E-state index contributed by atoms with van der Waals surface area (Å²) in [6.45, 7) is 10.5. The number of nitrogens with two attached hydrogens (primary N) is 3. The first-order chi connectivity index (χ1) is 43.9. The molecule has 0 fully saturated rings. The van der Waals surface area contributed by atoms with Crippen molar-refractivity contribution < 1.29 is 63.0 Å². The number of hydrogen-bond acceptors (Lipinski definition) is 15. The number of H-pyrrole nitrogens is 1. The molecule has 92 heavy (non-hydrogen) atoms. The molecular weight excluding hydrogens is 1180 g/mol. The summed E-state index contributed by atoms with van der Waals surface area (Å²) in [6, 6.07) is 2.64. The molecule has 2 aromatic rings. The molecule has 1 heterocycles. The molecule has 0 aliphatic heterocycles. The number of aliphatic hydroxyl groups is 1. The first kappa shape index (κ1) is 80.9. The van der Waals surface area contributed by atoms with E-state index in [0.29, 0.717) is 56.3 Å². The van der Waals surface area contributed by atoms with E-state index in [1.807, 2.05) is 0 Å². The molecule has 0 spiro atoms. The number of carbonyl (C=O) groups is 11. The maximum absolute atomic E-state index is 14.5. The molecule has 5 amide bonds. The smallest absolute Gasteiger partial charge is 0.303 e. The van der Waals surface area contributed by atoms with Crippen LogP contribution in [-0.4, -0.2) is 140 Å². The lowest BCUT2D eigenvalue weighted by Crippen LogP contribution is -2.55. The van der Waals surface area contributed by atoms with Crippen LogP contribution in [0.4, 0.5) is 0 Å². The summed E-state index contributed by atoms with van der Waals surface area (Å²) in [6.07, 6.45) is 16.2. The number of imidazole rings is 1. The van der Waals surface area contributed by atoms with Gasteiger partial charge < -0.3 is 59.0 Å². The molecule has 0 radical (unpaired) electrons. The summed E-state index contributed by atoms with van der Waals surface area (Å²) in [7, 11) is 0. The SMILES string of the molecule is CCCCCCCCCCCCCCCC(=O)NC(CCC(=O)O)C(=O)N[C@H](C(=O)C[C@H](C(=O)N[C@@H](C)C(=O)CCC(=O)N[C@@H](Cc1cnc[nH]1)C(=O)C[C@@H](Cc1ccccc1)C(=O)N[C@@H](CCCN=C(N)N)C(=O)C[C@@H](CCCCN)C(C)=O)[C@@H](C)CC)[C@@H](C)O. The third-order valence-electron chi connectivity index (χ3n) is 17.0. The van der Waals surface area contributed by atoms with Crippen LogP contribution in [0.3, 0.4) is 0 Å². The zero-order valence-corrected chi connectivity index (χ0v) is 55.7. The summed E-state index contributed by atoms with van der Waals surface area (Å²) in [5, 5.41) is 33.7. The quantitative estimate of drug-likeness (QED) is 0.0198. The van der Waals surface area contributed by atoms with Crippen molar-refractivity contribution >= 4 is 70.4 Å². The summed E-state index contributed by atoms with van der Waals surface area (Å²) >= 11 is 0. The number of aromatic nitrogens is 2. The van der Waals surface area contributed by atoms with E-state index in [1.54, 1.807) is 44.2 Å². The largest absolute Gasteiger partial charge is 0.481 e. The fourth-order valence-corrected chi connectivity index (χ4v) is 11.0. The molecule has 0 aliphatic carbocycles. The highest BCUT2D eigenvalue weighted by Crippen LogP contribution is 2.24. The first-order valence-corrected chi connectivity index (χ1v) is 33.7. The summed E-state index contributed by atoms with van der Waals surface area (Å²) in [5.41, 5.74) is 18.0. The van der Waals surface area contributed by atoms with Gasteiger partial charge in [-0.3, -0.25) is 57.7 Å². The number of rotatable bonds is 54. The van der Waals surface area contributed by atoms with Crippen molar-refractivity contribution in [3.63, 3.8) is 0 Å². The number of carboxylic acid groups (broad SMARTS) is 1. The molecule has 2 rings (SSSR count). The van der Waals surface area contributed by atoms with Crippen LogP contribution < -0.4 is 43.8 Å². The number of nitrogens with zero attached hydrogens (tertiary/aromatic N) is 2. The van der Waals surface area contributed by atoms with Gasteiger partial charge in [0.05, 0.1) is 30.6 Å². The fraction of sp³-hybridized carbons (Fsp3) is 0.691. The number of aliphatic carboxylic acids is 1. The Morgan fingerprint density at radius 3 is 1.74 bits per heavy atom. The van der Waals surface area contributed by atoms with Crippen LogP contribution in [0.2, 0.25) is 0 Å². The zero-order valence-electron chi connectivity index (χ0n) is 55.7. The summed E-state index contributed by atoms with van der Waals surface area (Å²) in [5.74, 6) is -10.1. The second-order valence-electron chi connectivity index (χ2n) is 24.9. The van der Waals surface area contributed by atoms with Gasteiger partial charge >= 0.3 is 5.97 Å². The number of nitrogens with one attached hydrogen (secondary N) is 6. The molecule has 1 unspecified atom stereocenters. The Morgan fingerprint density at radius 1 is 0.576 bits per heavy atom. The Hall–Kier alpha value is -7.21. The van der Waals surface area contributed by atoms with Gasteiger partial charge in [0.1, 0.15) is 17.9 Å². The van der Waals surface area contributed by atoms with E-state index in [2.05, 4.69) is 48.5 Å². The minimum Gasteiger partial charge on any atom is -0.481 e. The molecule has 14 N–H and O–H groups in total. The fourth-order valence-electron chi connectivity index (χ4n) is 11.0. The lowest BCUT2D eigenvalue weighted by Gasteiger charge is -2.28. The van der Waals surface area contributed by atoms with Crippen LogP contribution in [0.1, 0.15) is 226 Å². The van der Waals surface area contributed by atoms with E-state index in [9.17, 15) is 63.0 Å². The number of carboxylic acids is 1. The number of aliphatic imine (C=N–C) groups is 1. The number of guanidine groups is 1. The van der Waals surface area contributed by atoms with Gasteiger partial charge in [-0.2, -0.15) is 0 Å². The molecule has 1 aromatic carbocycles. The third-order valence-corrected chi connectivity index (χ3v) is 17.0. The maximum Gasteiger partial charge on any atom is 0.303 e. The lowest BCUT2D eigenvalue weighted by atomic mass is 9.84. The molecule has 0 aliphatic rings. The Kier molecular flexibility index (Phi) is 41.1. The molecule has 0 bridgehead atoms. The molecule has 10 atom stereocenters. The number of aliphatic hydroxyl groups excluding tert-OH is 1. The highest BCUT2D eigenvalue weighted by molar-refractivity contribution is 5.98. The van der Waals surface area contributed by atoms with Crippen LogP contribution in [0.5, 0.6) is 0 Å². The topological polar surface area (TPSA) is 407 Å². The number of ketones is 5. The van der Waals surface area contributed by atoms with Crippen molar-refractivity contribution in [1.82, 2.24) is 36.6 Å². The molecule has 0 saturated heterocycles. The first-order valence-electron chi connectivity index (χ1n) is 33.7. The van der Waals surface area contributed by atoms with Crippen molar-refractivity contribution in [3.05, 3.63) is 54.1 Å². The van der Waals surface area contributed by atoms with Crippen molar-refractivity contribution in [3.8, 4) is 0 Å². The molecule has 1 aromatic heterocycles. The highest BCUT2D eigenvalue weighted by atomic mass is 16.4. The molecule has 24 heteroatoms. The van der Waals surface area contributed by atoms with Gasteiger partial charge in [0, 0.05) is 87.6 Å². The number of benzene rings is 1. The summed E-state index contributed by atoms with van der Waals surface area (Å²) in [4.78, 5) is 160. The maximum atomic E-state index is 14.5. The van der Waals surface area contributed by atoms with Gasteiger partial charge in [0.15, 0.2) is 29.1 Å². The van der Waals surface area contributed by atoms with Crippen molar-refractivity contribution in [2.45, 2.75) is 264 Å². The molecule has 516 valence electrons. The van der Waals surface area contributed by atoms with Crippen LogP contribution >= 0.6 is 0 Å². The number of hydrogen-bond donors (Lipinski definition) is 11. The molecular formula is C68H111N11O13. The van der Waals surface area contributed by atoms with Crippen LogP contribution in [0.15, 0.2) is 47.8 Å². The number of Topliss-reactive ketones (excluding diaryl/α,β-unsaturated/α-hetero) is 5. The predicted molar refractivity (Wildman–Crippen MR) is 353 cm³/mol. The van der Waals surface area contributed by atoms with Crippen molar-refractivity contribution in [1.29, 1.82) is 0 Å². The average Bonchev–Trinajstić information content (AvgIpc) is 1.37. The van der Waals surface area contributed by atoms with Gasteiger partial charge in [0.2, 0.25) is 29.5 Å². The van der Waals surface area contributed by atoms with E-state index in [-0.39, 0.29) is 75.4 Å². The number of unbranched alkanes of at least 4 members (excludes halogenated alkanes) is 13. The number of amides is 5. The molecule has 24 nitrogen and oxygen atoms in total. The Balaban J connectivity index is 2.18. The minimum atomic E-state index is -1.54. The van der Waals surface area contributed by atoms with E-state index < -0.39 is 132 Å². The second-order valence-corrected chi connectivity index (χ2v) is 24.9. The van der Waals surface area contributed by atoms with Gasteiger partial charge in [-0.1, -0.05) is 141 Å². The van der Waals surface area contributed by atoms with Crippen LogP contribution in [-0.2, 0) is 65.6 Å². The number of carbonyl (C=O) groups excluding carboxylic acids is 10. The number of aromatic amines is 1. The van der Waals surface area contributed by atoms with E-state index in [4.69, 9.17) is 17.2 Å². The van der Waals surface area contributed by atoms with Gasteiger partial charge in [-0.25, -0.2) is 4.98 Å². The van der Waals surface area contributed by atoms with E-state index in [0.717, 1.165) is 25.7 Å². The monoisotopic (exact) mass is 1290 g/mol. The lowest BCUT2D eigenvalue weighted by molar-refractivity contribution is -0.139. The Bertz CT molecular complexity index is 2600. The van der Waals surface area contributed by atoms with E-state index in [1.165, 1.54) is 84.7 Å². The zero-order chi connectivity index (χ0) is 68.4. The van der Waals surface area contributed by atoms with Crippen molar-refractivity contribution in [2.24, 2.45) is 45.9 Å². The van der Waals surface area contributed by atoms with Crippen LogP contribution in [0, 0.1) is 23.7 Å². The van der Waals surface area contributed by atoms with E-state index >= 15 is 0 Å².